The van der Waals surface area contributed by atoms with Gasteiger partial charge >= 0.3 is 5.97 Å². The minimum atomic E-state index is -1.18. The quantitative estimate of drug-likeness (QED) is 0.183. The van der Waals surface area contributed by atoms with E-state index in [1.165, 1.54) is 19.2 Å². The highest BCUT2D eigenvalue weighted by Crippen LogP contribution is 2.26. The fourth-order valence-electron chi connectivity index (χ4n) is 4.91. The minimum Gasteiger partial charge on any atom is -0.507 e. The van der Waals surface area contributed by atoms with E-state index in [-0.39, 0.29) is 35.0 Å². The molecule has 1 aliphatic heterocycles. The van der Waals surface area contributed by atoms with Gasteiger partial charge in [0.1, 0.15) is 28.8 Å². The number of carbonyl (C=O) groups excluding carboxylic acids is 5. The molecule has 1 aromatic heterocycles. The topological polar surface area (TPSA) is 176 Å². The number of nitrogens with one attached hydrogen (secondary N) is 4. The number of phenolic OH excluding ortho intramolecular Hbond substituents is 1. The molecule has 3 amide bonds. The second kappa shape index (κ2) is 14.1. The number of carbonyl (C=O) groups is 5. The van der Waals surface area contributed by atoms with Crippen molar-refractivity contribution >= 4 is 52.0 Å². The molecule has 43 heavy (non-hydrogen) atoms. The van der Waals surface area contributed by atoms with E-state index in [9.17, 15) is 29.1 Å². The van der Waals surface area contributed by atoms with Crippen LogP contribution in [0.4, 0.5) is 0 Å². The number of hydrogen-bond donors (Lipinski definition) is 5. The summed E-state index contributed by atoms with van der Waals surface area (Å²) in [6, 6.07) is 8.60. The number of Topliss-reactive ketones (excluding diaryl/α,β-unsaturated/α-hetero) is 1. The van der Waals surface area contributed by atoms with Crippen molar-refractivity contribution in [3.05, 3.63) is 58.7 Å². The zero-order valence-corrected chi connectivity index (χ0v) is 24.5. The van der Waals surface area contributed by atoms with Crippen molar-refractivity contribution in [3.63, 3.8) is 0 Å². The van der Waals surface area contributed by atoms with Crippen molar-refractivity contribution in [2.24, 2.45) is 5.92 Å². The maximum Gasteiger partial charge on any atom is 0.342 e. The van der Waals surface area contributed by atoms with Crippen molar-refractivity contribution in [3.8, 4) is 11.5 Å². The van der Waals surface area contributed by atoms with E-state index < -0.39 is 53.9 Å². The van der Waals surface area contributed by atoms with Gasteiger partial charge in [0.15, 0.2) is 12.4 Å². The number of phenols is 1. The lowest BCUT2D eigenvalue weighted by Gasteiger charge is -2.24. The Kier molecular flexibility index (Phi) is 10.3. The van der Waals surface area contributed by atoms with Gasteiger partial charge in [-0.1, -0.05) is 31.0 Å². The molecule has 5 N–H and O–H groups in total. The molecule has 4 rings (SSSR count). The van der Waals surface area contributed by atoms with E-state index in [1.54, 1.807) is 24.3 Å². The van der Waals surface area contributed by atoms with Gasteiger partial charge in [0.05, 0.1) is 13.2 Å². The number of ketones is 1. The van der Waals surface area contributed by atoms with Crippen LogP contribution in [-0.2, 0) is 19.1 Å². The van der Waals surface area contributed by atoms with Crippen LogP contribution in [0.3, 0.4) is 0 Å². The number of rotatable bonds is 13. The van der Waals surface area contributed by atoms with Crippen LogP contribution in [0.5, 0.6) is 11.5 Å². The highest BCUT2D eigenvalue weighted by atomic mass is 35.5. The zero-order chi connectivity index (χ0) is 31.1. The SMILES string of the molecule is CCC[C@H](NC(=O)c1cc2c(OC)cccc2[nH]1)C(=O)N[C@@H](C[C@@H]1CCNC1=O)C(=O)COC(=O)c1ccc(Cl)cc1O. The highest BCUT2D eigenvalue weighted by molar-refractivity contribution is 6.30. The first kappa shape index (κ1) is 31.4. The van der Waals surface area contributed by atoms with Crippen molar-refractivity contribution in [1.82, 2.24) is 20.9 Å². The van der Waals surface area contributed by atoms with E-state index in [0.29, 0.717) is 36.0 Å². The van der Waals surface area contributed by atoms with E-state index in [2.05, 4.69) is 20.9 Å². The molecule has 0 spiro atoms. The maximum absolute atomic E-state index is 13.4. The zero-order valence-electron chi connectivity index (χ0n) is 23.7. The molecule has 1 saturated heterocycles. The van der Waals surface area contributed by atoms with Crippen LogP contribution < -0.4 is 20.7 Å². The summed E-state index contributed by atoms with van der Waals surface area (Å²) in [6.45, 7) is 1.56. The predicted molar refractivity (Wildman–Crippen MR) is 157 cm³/mol. The van der Waals surface area contributed by atoms with Crippen LogP contribution in [0.2, 0.25) is 5.02 Å². The first-order chi connectivity index (χ1) is 20.6. The third-order valence-electron chi connectivity index (χ3n) is 7.20. The van der Waals surface area contributed by atoms with Crippen molar-refractivity contribution in [2.75, 3.05) is 20.3 Å². The second-order valence-corrected chi connectivity index (χ2v) is 10.6. The Morgan fingerprint density at radius 1 is 1.12 bits per heavy atom. The van der Waals surface area contributed by atoms with Gasteiger partial charge in [0, 0.05) is 28.4 Å². The van der Waals surface area contributed by atoms with Crippen LogP contribution in [0.15, 0.2) is 42.5 Å². The first-order valence-corrected chi connectivity index (χ1v) is 14.2. The molecule has 0 aliphatic carbocycles. The average Bonchev–Trinajstić information content (AvgIpc) is 3.61. The molecule has 2 aromatic carbocycles. The summed E-state index contributed by atoms with van der Waals surface area (Å²) < 4.78 is 10.5. The van der Waals surface area contributed by atoms with Gasteiger partial charge in [-0.2, -0.15) is 0 Å². The summed E-state index contributed by atoms with van der Waals surface area (Å²) in [4.78, 5) is 67.5. The van der Waals surface area contributed by atoms with Gasteiger partial charge < -0.3 is 35.5 Å². The molecule has 3 atom stereocenters. The van der Waals surface area contributed by atoms with Crippen molar-refractivity contribution in [2.45, 2.75) is 44.7 Å². The Morgan fingerprint density at radius 3 is 2.58 bits per heavy atom. The molecule has 13 heteroatoms. The number of methoxy groups -OCH3 is 1. The minimum absolute atomic E-state index is 0.0191. The Morgan fingerprint density at radius 2 is 1.91 bits per heavy atom. The van der Waals surface area contributed by atoms with Crippen LogP contribution in [-0.4, -0.2) is 71.9 Å². The number of fused-ring (bicyclic) bond motifs is 1. The second-order valence-electron chi connectivity index (χ2n) is 10.2. The molecule has 2 heterocycles. The Bertz CT molecular complexity index is 1540. The van der Waals surface area contributed by atoms with Gasteiger partial charge in [-0.25, -0.2) is 4.79 Å². The molecule has 1 aliphatic rings. The number of hydrogen-bond acceptors (Lipinski definition) is 8. The number of aromatic amines is 1. The third-order valence-corrected chi connectivity index (χ3v) is 7.44. The highest BCUT2D eigenvalue weighted by Gasteiger charge is 2.33. The molecular weight excluding hydrogens is 580 g/mol. The number of ether oxygens (including phenoxy) is 2. The van der Waals surface area contributed by atoms with Gasteiger partial charge in [-0.15, -0.1) is 0 Å². The summed E-state index contributed by atoms with van der Waals surface area (Å²) in [5.74, 6) is -3.38. The van der Waals surface area contributed by atoms with Crippen LogP contribution >= 0.6 is 11.6 Å². The lowest BCUT2D eigenvalue weighted by molar-refractivity contribution is -0.131. The lowest BCUT2D eigenvalue weighted by Crippen LogP contribution is -2.52. The van der Waals surface area contributed by atoms with E-state index >= 15 is 0 Å². The number of H-pyrrole nitrogens is 1. The number of aromatic nitrogens is 1. The molecule has 12 nitrogen and oxygen atoms in total. The number of benzene rings is 2. The normalized spacial score (nSPS) is 15.8. The molecule has 3 aromatic rings. The van der Waals surface area contributed by atoms with Crippen molar-refractivity contribution in [1.29, 1.82) is 0 Å². The van der Waals surface area contributed by atoms with Crippen LogP contribution in [0.1, 0.15) is 53.5 Å². The molecule has 0 radical (unpaired) electrons. The maximum atomic E-state index is 13.4. The molecule has 1 fully saturated rings. The van der Waals surface area contributed by atoms with Gasteiger partial charge in [-0.05, 0) is 55.7 Å². The summed E-state index contributed by atoms with van der Waals surface area (Å²) >= 11 is 5.80. The smallest absolute Gasteiger partial charge is 0.342 e. The average molecular weight is 613 g/mol. The fourth-order valence-corrected chi connectivity index (χ4v) is 5.08. The first-order valence-electron chi connectivity index (χ1n) is 13.8. The van der Waals surface area contributed by atoms with E-state index in [1.807, 2.05) is 6.92 Å². The lowest BCUT2D eigenvalue weighted by atomic mass is 9.95. The van der Waals surface area contributed by atoms with Crippen LogP contribution in [0, 0.1) is 5.92 Å². The predicted octanol–water partition coefficient (Wildman–Crippen LogP) is 2.87. The van der Waals surface area contributed by atoms with Gasteiger partial charge in [-0.3, -0.25) is 19.2 Å². The third kappa shape index (κ3) is 7.63. The number of aromatic hydroxyl groups is 1. The number of esters is 1. The Labute approximate surface area is 252 Å². The number of halogens is 1. The summed E-state index contributed by atoms with van der Waals surface area (Å²) in [6.07, 6.45) is 1.27. The molecule has 228 valence electrons. The van der Waals surface area contributed by atoms with E-state index in [0.717, 1.165) is 6.07 Å². The fraction of sp³-hybridized carbons (Fsp3) is 0.367. The Hall–Kier alpha value is -4.58. The Balaban J connectivity index is 1.46. The largest absolute Gasteiger partial charge is 0.507 e. The summed E-state index contributed by atoms with van der Waals surface area (Å²) in [5, 5.41) is 19.0. The standard InChI is InChI=1S/C30H33ClN4O8/c1-3-5-21(34-29(40)23-14-19-20(33-23)6-4-7-26(19)42-2)28(39)35-22(12-16-10-11-32-27(16)38)25(37)15-43-30(41)18-9-8-17(31)13-24(18)36/h4,6-9,13-14,16,21-22,33,36H,3,5,10-12,15H2,1-2H3,(H,32,38)(H,34,40)(H,35,39)/t16-,21-,22-/m0/s1. The van der Waals surface area contributed by atoms with Crippen LogP contribution in [0.25, 0.3) is 10.9 Å². The van der Waals surface area contributed by atoms with E-state index in [4.69, 9.17) is 21.1 Å². The van der Waals surface area contributed by atoms with Gasteiger partial charge in [0.25, 0.3) is 5.91 Å². The van der Waals surface area contributed by atoms with Gasteiger partial charge in [0.2, 0.25) is 11.8 Å². The molecule has 0 unspecified atom stereocenters. The molecule has 0 bridgehead atoms. The van der Waals surface area contributed by atoms with Crippen molar-refractivity contribution < 1.29 is 38.6 Å². The number of amides is 3. The monoisotopic (exact) mass is 612 g/mol. The molecule has 0 saturated carbocycles. The summed E-state index contributed by atoms with van der Waals surface area (Å²) in [5.41, 5.74) is 0.720. The molecular formula is C30H33ClN4O8. The summed E-state index contributed by atoms with van der Waals surface area (Å²) in [7, 11) is 1.53.